The Hall–Kier alpha value is -0.560. The van der Waals surface area contributed by atoms with Crippen LogP contribution in [0.2, 0.25) is 0 Å². The molecule has 0 heterocycles. The largest absolute Gasteiger partial charge is 0.392 e. The highest BCUT2D eigenvalue weighted by Gasteiger charge is 1.98. The van der Waals surface area contributed by atoms with Crippen LogP contribution in [0.25, 0.3) is 0 Å². The monoisotopic (exact) mass is 154 g/mol. The normalized spacial score (nSPS) is 14.7. The summed E-state index contributed by atoms with van der Waals surface area (Å²) in [5.74, 6) is 0.525. The third-order valence-corrected chi connectivity index (χ3v) is 1.91. The van der Waals surface area contributed by atoms with E-state index in [1.54, 1.807) is 0 Å². The number of hydrogen-bond donors (Lipinski definition) is 1. The maximum Gasteiger partial charge on any atom is 0.0639 e. The number of aliphatic hydroxyl groups is 1. The maximum atomic E-state index is 8.70. The topological polar surface area (TPSA) is 20.2 Å². The van der Waals surface area contributed by atoms with Crippen molar-refractivity contribution in [1.82, 2.24) is 0 Å². The Balaban J connectivity index is 3.78. The molecule has 0 radical (unpaired) electrons. The van der Waals surface area contributed by atoms with Crippen LogP contribution in [-0.2, 0) is 0 Å². The molecule has 1 N–H and O–H groups in total. The van der Waals surface area contributed by atoms with Gasteiger partial charge in [-0.1, -0.05) is 30.7 Å². The highest BCUT2D eigenvalue weighted by molar-refractivity contribution is 5.03. The number of aliphatic hydroxyl groups excluding tert-OH is 1. The minimum absolute atomic E-state index is 0.170. The first-order valence-corrected chi connectivity index (χ1v) is 3.99. The molecule has 0 saturated carbocycles. The van der Waals surface area contributed by atoms with Crippen LogP contribution in [0, 0.1) is 5.92 Å². The van der Waals surface area contributed by atoms with Gasteiger partial charge in [0.05, 0.1) is 6.61 Å². The van der Waals surface area contributed by atoms with Crippen LogP contribution in [0.1, 0.15) is 27.2 Å². The van der Waals surface area contributed by atoms with E-state index in [2.05, 4.69) is 19.6 Å². The molecule has 0 rings (SSSR count). The molecule has 0 amide bonds. The van der Waals surface area contributed by atoms with E-state index in [1.807, 2.05) is 13.8 Å². The SMILES string of the molecule is C=C(C)C(C)C/C=C(\C)CO. The van der Waals surface area contributed by atoms with Crippen molar-refractivity contribution in [2.75, 3.05) is 6.61 Å². The summed E-state index contributed by atoms with van der Waals surface area (Å²) in [6, 6.07) is 0. The van der Waals surface area contributed by atoms with Crippen LogP contribution in [0.3, 0.4) is 0 Å². The van der Waals surface area contributed by atoms with E-state index in [4.69, 9.17) is 5.11 Å². The lowest BCUT2D eigenvalue weighted by Crippen LogP contribution is -1.94. The molecule has 0 aliphatic heterocycles. The second kappa shape index (κ2) is 5.14. The van der Waals surface area contributed by atoms with Crippen molar-refractivity contribution in [3.8, 4) is 0 Å². The molecule has 0 aromatic rings. The first kappa shape index (κ1) is 10.4. The molecule has 0 fully saturated rings. The van der Waals surface area contributed by atoms with Crippen molar-refractivity contribution >= 4 is 0 Å². The van der Waals surface area contributed by atoms with E-state index in [1.165, 1.54) is 5.57 Å². The van der Waals surface area contributed by atoms with E-state index in [-0.39, 0.29) is 6.61 Å². The average molecular weight is 154 g/mol. The summed E-state index contributed by atoms with van der Waals surface area (Å²) in [7, 11) is 0. The summed E-state index contributed by atoms with van der Waals surface area (Å²) in [6.45, 7) is 10.1. The molecule has 1 heteroatoms. The molecule has 1 nitrogen and oxygen atoms in total. The van der Waals surface area contributed by atoms with Crippen molar-refractivity contribution < 1.29 is 5.11 Å². The zero-order valence-corrected chi connectivity index (χ0v) is 7.72. The van der Waals surface area contributed by atoms with Crippen LogP contribution in [0.5, 0.6) is 0 Å². The summed E-state index contributed by atoms with van der Waals surface area (Å²) in [5.41, 5.74) is 2.24. The smallest absolute Gasteiger partial charge is 0.0639 e. The van der Waals surface area contributed by atoms with E-state index in [9.17, 15) is 0 Å². The Morgan fingerprint density at radius 1 is 1.55 bits per heavy atom. The van der Waals surface area contributed by atoms with Gasteiger partial charge in [0.25, 0.3) is 0 Å². The lowest BCUT2D eigenvalue weighted by molar-refractivity contribution is 0.330. The van der Waals surface area contributed by atoms with E-state index in [0.717, 1.165) is 12.0 Å². The second-order valence-corrected chi connectivity index (χ2v) is 3.19. The van der Waals surface area contributed by atoms with Crippen LogP contribution < -0.4 is 0 Å². The van der Waals surface area contributed by atoms with Gasteiger partial charge in [0, 0.05) is 0 Å². The third kappa shape index (κ3) is 4.79. The standard InChI is InChI=1S/C10H18O/c1-8(2)10(4)6-5-9(3)7-11/h5,10-11H,1,6-7H2,2-4H3/b9-5+. The molecule has 0 aliphatic carbocycles. The van der Waals surface area contributed by atoms with Gasteiger partial charge in [-0.25, -0.2) is 0 Å². The van der Waals surface area contributed by atoms with Gasteiger partial charge in [-0.2, -0.15) is 0 Å². The van der Waals surface area contributed by atoms with Gasteiger partial charge in [0.1, 0.15) is 0 Å². The summed E-state index contributed by atoms with van der Waals surface area (Å²) < 4.78 is 0. The fourth-order valence-corrected chi connectivity index (χ4v) is 0.644. The van der Waals surface area contributed by atoms with Crippen molar-refractivity contribution in [3.05, 3.63) is 23.8 Å². The minimum Gasteiger partial charge on any atom is -0.392 e. The van der Waals surface area contributed by atoms with Gasteiger partial charge in [-0.3, -0.25) is 0 Å². The average Bonchev–Trinajstić information content (AvgIpc) is 1.99. The molecular formula is C10H18O. The summed E-state index contributed by atoms with van der Waals surface area (Å²) in [6.07, 6.45) is 3.06. The van der Waals surface area contributed by atoms with Crippen molar-refractivity contribution in [3.63, 3.8) is 0 Å². The first-order chi connectivity index (χ1) is 5.07. The fraction of sp³-hybridized carbons (Fsp3) is 0.600. The molecule has 11 heavy (non-hydrogen) atoms. The quantitative estimate of drug-likeness (QED) is 0.617. The molecule has 0 aliphatic rings. The Labute approximate surface area is 69.4 Å². The molecule has 0 aromatic heterocycles. The molecule has 0 bridgehead atoms. The first-order valence-electron chi connectivity index (χ1n) is 3.99. The molecule has 0 spiro atoms. The molecule has 64 valence electrons. The predicted molar refractivity (Wildman–Crippen MR) is 49.4 cm³/mol. The van der Waals surface area contributed by atoms with Gasteiger partial charge in [-0.15, -0.1) is 0 Å². The lowest BCUT2D eigenvalue weighted by Gasteiger charge is -2.07. The van der Waals surface area contributed by atoms with Crippen LogP contribution in [-0.4, -0.2) is 11.7 Å². The summed E-state index contributed by atoms with van der Waals surface area (Å²) >= 11 is 0. The van der Waals surface area contributed by atoms with Crippen molar-refractivity contribution in [2.45, 2.75) is 27.2 Å². The van der Waals surface area contributed by atoms with Gasteiger partial charge >= 0.3 is 0 Å². The number of allylic oxidation sites excluding steroid dienone is 2. The second-order valence-electron chi connectivity index (χ2n) is 3.19. The number of rotatable bonds is 4. The number of hydrogen-bond acceptors (Lipinski definition) is 1. The Morgan fingerprint density at radius 2 is 2.09 bits per heavy atom. The van der Waals surface area contributed by atoms with Gasteiger partial charge in [0.2, 0.25) is 0 Å². The van der Waals surface area contributed by atoms with E-state index >= 15 is 0 Å². The predicted octanol–water partition coefficient (Wildman–Crippen LogP) is 2.53. The third-order valence-electron chi connectivity index (χ3n) is 1.91. The maximum absolute atomic E-state index is 8.70. The van der Waals surface area contributed by atoms with Crippen molar-refractivity contribution in [1.29, 1.82) is 0 Å². The van der Waals surface area contributed by atoms with Crippen LogP contribution >= 0.6 is 0 Å². The minimum atomic E-state index is 0.170. The molecule has 0 saturated heterocycles. The van der Waals surface area contributed by atoms with Gasteiger partial charge in [0.15, 0.2) is 0 Å². The zero-order chi connectivity index (χ0) is 8.85. The molecule has 0 aromatic carbocycles. The van der Waals surface area contributed by atoms with E-state index < -0.39 is 0 Å². The summed E-state index contributed by atoms with van der Waals surface area (Å²) in [5, 5.41) is 8.70. The lowest BCUT2D eigenvalue weighted by atomic mass is 9.99. The molecular weight excluding hydrogens is 136 g/mol. The van der Waals surface area contributed by atoms with Crippen molar-refractivity contribution in [2.24, 2.45) is 5.92 Å². The Bertz CT molecular complexity index is 156. The highest BCUT2D eigenvalue weighted by Crippen LogP contribution is 2.13. The zero-order valence-electron chi connectivity index (χ0n) is 7.72. The molecule has 1 atom stereocenters. The summed E-state index contributed by atoms with van der Waals surface area (Å²) in [4.78, 5) is 0. The van der Waals surface area contributed by atoms with Crippen LogP contribution in [0.4, 0.5) is 0 Å². The Kier molecular flexibility index (Phi) is 4.88. The highest BCUT2D eigenvalue weighted by atomic mass is 16.3. The fourth-order valence-electron chi connectivity index (χ4n) is 0.644. The van der Waals surface area contributed by atoms with Gasteiger partial charge < -0.3 is 5.11 Å². The van der Waals surface area contributed by atoms with E-state index in [0.29, 0.717) is 5.92 Å². The van der Waals surface area contributed by atoms with Crippen LogP contribution in [0.15, 0.2) is 23.8 Å². The Morgan fingerprint density at radius 3 is 2.45 bits per heavy atom. The molecule has 1 unspecified atom stereocenters. The van der Waals surface area contributed by atoms with Gasteiger partial charge in [-0.05, 0) is 26.2 Å².